The van der Waals surface area contributed by atoms with Gasteiger partial charge in [-0.05, 0) is 24.1 Å². The van der Waals surface area contributed by atoms with E-state index in [0.29, 0.717) is 0 Å². The third kappa shape index (κ3) is 1.44. The van der Waals surface area contributed by atoms with E-state index < -0.39 is 0 Å². The predicted octanol–water partition coefficient (Wildman–Crippen LogP) is 2.38. The second kappa shape index (κ2) is 3.54. The topological polar surface area (TPSA) is 21.1 Å². The molecule has 2 heterocycles. The summed E-state index contributed by atoms with van der Waals surface area (Å²) in [6.07, 6.45) is 0. The van der Waals surface area contributed by atoms with E-state index in [2.05, 4.69) is 39.0 Å². The van der Waals surface area contributed by atoms with Crippen LogP contribution in [-0.2, 0) is 6.54 Å². The van der Waals surface area contributed by atoms with Gasteiger partial charge in [0.2, 0.25) is 0 Å². The first-order chi connectivity index (χ1) is 7.38. The number of fused-ring (bicyclic) bond motifs is 3. The first-order valence-corrected chi connectivity index (χ1v) is 6.04. The van der Waals surface area contributed by atoms with E-state index in [1.165, 1.54) is 5.52 Å². The lowest BCUT2D eigenvalue weighted by molar-refractivity contribution is 0.425. The molecule has 0 spiro atoms. The lowest BCUT2D eigenvalue weighted by atomic mass is 10.3. The maximum absolute atomic E-state index is 4.64. The third-order valence-corrected chi connectivity index (χ3v) is 3.93. The molecule has 0 atom stereocenters. The molecule has 0 saturated heterocycles. The van der Waals surface area contributed by atoms with Crippen LogP contribution in [0.1, 0.15) is 6.92 Å². The first-order valence-electron chi connectivity index (χ1n) is 5.26. The fourth-order valence-electron chi connectivity index (χ4n) is 1.93. The van der Waals surface area contributed by atoms with Gasteiger partial charge in [-0.25, -0.2) is 9.29 Å². The van der Waals surface area contributed by atoms with E-state index in [-0.39, 0.29) is 0 Å². The smallest absolute Gasteiger partial charge is 0.184 e. The highest BCUT2D eigenvalue weighted by Gasteiger charge is 2.19. The number of nitrogens with zero attached hydrogens (tertiary/aromatic N) is 3. The maximum Gasteiger partial charge on any atom is 0.184 e. The quantitative estimate of drug-likeness (QED) is 0.687. The van der Waals surface area contributed by atoms with Gasteiger partial charge in [-0.2, -0.15) is 0 Å². The molecule has 1 aliphatic rings. The summed E-state index contributed by atoms with van der Waals surface area (Å²) in [4.78, 5) is 4.64. The number of para-hydroxylation sites is 2. The van der Waals surface area contributed by atoms with Crippen molar-refractivity contribution in [1.82, 2.24) is 13.9 Å². The Morgan fingerprint density at radius 2 is 2.20 bits per heavy atom. The van der Waals surface area contributed by atoms with Crippen molar-refractivity contribution in [3.63, 3.8) is 0 Å². The van der Waals surface area contributed by atoms with E-state index in [0.717, 1.165) is 30.3 Å². The molecule has 3 nitrogen and oxygen atoms in total. The molecule has 0 radical (unpaired) electrons. The van der Waals surface area contributed by atoms with Crippen LogP contribution in [0.2, 0.25) is 0 Å². The average molecular weight is 219 g/mol. The maximum atomic E-state index is 4.64. The van der Waals surface area contributed by atoms with Gasteiger partial charge in [0.05, 0.1) is 11.0 Å². The second-order valence-electron chi connectivity index (χ2n) is 3.65. The molecule has 0 saturated carbocycles. The number of hydrogen-bond acceptors (Lipinski definition) is 3. The zero-order valence-electron chi connectivity index (χ0n) is 8.68. The molecule has 78 valence electrons. The molecule has 0 bridgehead atoms. The molecule has 0 unspecified atom stereocenters. The van der Waals surface area contributed by atoms with Gasteiger partial charge in [-0.1, -0.05) is 19.1 Å². The highest BCUT2D eigenvalue weighted by Crippen LogP contribution is 2.29. The highest BCUT2D eigenvalue weighted by molar-refractivity contribution is 7.96. The van der Waals surface area contributed by atoms with Crippen molar-refractivity contribution in [3.05, 3.63) is 24.3 Å². The van der Waals surface area contributed by atoms with Gasteiger partial charge < -0.3 is 4.57 Å². The van der Waals surface area contributed by atoms with E-state index in [4.69, 9.17) is 0 Å². The Balaban J connectivity index is 2.12. The van der Waals surface area contributed by atoms with E-state index in [9.17, 15) is 0 Å². The fourth-order valence-corrected chi connectivity index (χ4v) is 2.89. The lowest BCUT2D eigenvalue weighted by Gasteiger charge is -2.24. The van der Waals surface area contributed by atoms with Crippen molar-refractivity contribution < 1.29 is 0 Å². The van der Waals surface area contributed by atoms with Gasteiger partial charge >= 0.3 is 0 Å². The molecule has 0 amide bonds. The molecule has 0 aliphatic carbocycles. The number of hydrogen-bond donors (Lipinski definition) is 0. The summed E-state index contributed by atoms with van der Waals surface area (Å²) in [5.41, 5.74) is 2.37. The number of imidazole rings is 1. The summed E-state index contributed by atoms with van der Waals surface area (Å²) < 4.78 is 4.66. The zero-order valence-corrected chi connectivity index (χ0v) is 9.50. The van der Waals surface area contributed by atoms with Crippen molar-refractivity contribution in [2.45, 2.75) is 18.6 Å². The van der Waals surface area contributed by atoms with Gasteiger partial charge in [-0.15, -0.1) is 0 Å². The number of rotatable bonds is 1. The van der Waals surface area contributed by atoms with Gasteiger partial charge in [0.25, 0.3) is 0 Å². The van der Waals surface area contributed by atoms with E-state index in [1.54, 1.807) is 11.9 Å². The van der Waals surface area contributed by atoms with Crippen LogP contribution in [0.5, 0.6) is 0 Å². The van der Waals surface area contributed by atoms with E-state index in [1.807, 2.05) is 6.07 Å². The van der Waals surface area contributed by atoms with Gasteiger partial charge in [0, 0.05) is 19.6 Å². The molecule has 3 rings (SSSR count). The summed E-state index contributed by atoms with van der Waals surface area (Å²) >= 11 is 1.77. The standard InChI is InChI=1S/C11H13N3S/c1-2-13-7-8-14-10-6-4-3-5-9(10)12-11(14)15-13/h3-6H,2,7-8H2,1H3. The fraction of sp³-hybridized carbons (Fsp3) is 0.364. The molecular weight excluding hydrogens is 206 g/mol. The molecule has 15 heavy (non-hydrogen) atoms. The van der Waals surface area contributed by atoms with Gasteiger partial charge in [0.1, 0.15) is 0 Å². The van der Waals surface area contributed by atoms with Gasteiger partial charge in [0.15, 0.2) is 5.16 Å². The predicted molar refractivity (Wildman–Crippen MR) is 62.8 cm³/mol. The Kier molecular flexibility index (Phi) is 2.18. The summed E-state index contributed by atoms with van der Waals surface area (Å²) in [5.74, 6) is 0. The molecule has 1 aromatic heterocycles. The summed E-state index contributed by atoms with van der Waals surface area (Å²) in [5, 5.41) is 1.13. The Labute approximate surface area is 93.2 Å². The van der Waals surface area contributed by atoms with E-state index >= 15 is 0 Å². The third-order valence-electron chi connectivity index (χ3n) is 2.76. The Bertz CT molecular complexity index is 492. The second-order valence-corrected chi connectivity index (χ2v) is 4.71. The molecule has 2 aromatic rings. The molecule has 4 heteroatoms. The van der Waals surface area contributed by atoms with Crippen LogP contribution in [0, 0.1) is 0 Å². The van der Waals surface area contributed by atoms with Crippen molar-refractivity contribution in [1.29, 1.82) is 0 Å². The highest BCUT2D eigenvalue weighted by atomic mass is 32.2. The number of likely N-dealkylation sites (N-methyl/N-ethyl adjacent to an activating group) is 1. The minimum atomic E-state index is 1.05. The van der Waals surface area contributed by atoms with Crippen molar-refractivity contribution >= 4 is 23.0 Å². The van der Waals surface area contributed by atoms with Gasteiger partial charge in [-0.3, -0.25) is 0 Å². The molecular formula is C11H13N3S. The van der Waals surface area contributed by atoms with Crippen molar-refractivity contribution in [3.8, 4) is 0 Å². The Morgan fingerprint density at radius 1 is 1.33 bits per heavy atom. The summed E-state index contributed by atoms with van der Waals surface area (Å²) in [6, 6.07) is 8.35. The minimum absolute atomic E-state index is 1.05. The molecule has 1 aromatic carbocycles. The van der Waals surface area contributed by atoms with Crippen molar-refractivity contribution in [2.24, 2.45) is 0 Å². The average Bonchev–Trinajstić information content (AvgIpc) is 2.66. The molecule has 0 N–H and O–H groups in total. The Morgan fingerprint density at radius 3 is 3.07 bits per heavy atom. The van der Waals surface area contributed by atoms with Crippen molar-refractivity contribution in [2.75, 3.05) is 13.1 Å². The lowest BCUT2D eigenvalue weighted by Crippen LogP contribution is -2.26. The van der Waals surface area contributed by atoms with Crippen LogP contribution in [0.4, 0.5) is 0 Å². The minimum Gasteiger partial charge on any atom is -0.317 e. The molecule has 0 fully saturated rings. The largest absolute Gasteiger partial charge is 0.317 e. The monoisotopic (exact) mass is 219 g/mol. The SMILES string of the molecule is CCN1CCn2c(nc3ccccc32)S1. The van der Waals surface area contributed by atoms with Crippen LogP contribution < -0.4 is 0 Å². The van der Waals surface area contributed by atoms with Crippen LogP contribution in [0.15, 0.2) is 29.4 Å². The number of benzene rings is 1. The summed E-state index contributed by atoms with van der Waals surface area (Å²) in [7, 11) is 0. The van der Waals surface area contributed by atoms with Crippen LogP contribution in [-0.4, -0.2) is 26.9 Å². The first kappa shape index (κ1) is 9.24. The molecule has 1 aliphatic heterocycles. The Hall–Kier alpha value is -1.00. The van der Waals surface area contributed by atoms with Crippen LogP contribution >= 0.6 is 11.9 Å². The zero-order chi connectivity index (χ0) is 10.3. The normalized spacial score (nSPS) is 16.9. The number of aromatic nitrogens is 2. The van der Waals surface area contributed by atoms with Crippen LogP contribution in [0.25, 0.3) is 11.0 Å². The summed E-state index contributed by atoms with van der Waals surface area (Å²) in [6.45, 7) is 5.42. The van der Waals surface area contributed by atoms with Crippen LogP contribution in [0.3, 0.4) is 0 Å².